The molecule has 0 bridgehead atoms. The van der Waals surface area contributed by atoms with E-state index in [0.717, 1.165) is 57.6 Å². The van der Waals surface area contributed by atoms with E-state index in [2.05, 4.69) is 40.2 Å². The number of nitrogens with zero attached hydrogens (tertiary/aromatic N) is 8. The van der Waals surface area contributed by atoms with Gasteiger partial charge in [0.25, 0.3) is 11.8 Å². The Kier molecular flexibility index (Phi) is 15.9. The van der Waals surface area contributed by atoms with Crippen molar-refractivity contribution in [1.82, 2.24) is 40.2 Å². The van der Waals surface area contributed by atoms with Gasteiger partial charge in [-0.3, -0.25) is 0 Å². The Morgan fingerprint density at radius 1 is 0.517 bits per heavy atom. The van der Waals surface area contributed by atoms with Gasteiger partial charge in [0.1, 0.15) is 48.3 Å². The number of hydrogen-bond acceptors (Lipinski definition) is 18. The largest absolute Gasteiger partial charge is 0.490 e. The summed E-state index contributed by atoms with van der Waals surface area (Å²) in [7, 11) is 0. The van der Waals surface area contributed by atoms with Gasteiger partial charge in [-0.05, 0) is 113 Å². The molecule has 2 aromatic carbocycles. The van der Waals surface area contributed by atoms with Gasteiger partial charge in [-0.2, -0.15) is 19.9 Å². The zero-order chi connectivity index (χ0) is 43.3. The number of aliphatic hydroxyl groups excluding tert-OH is 4. The van der Waals surface area contributed by atoms with Gasteiger partial charge in [0, 0.05) is 22.5 Å². The zero-order valence-electron chi connectivity index (χ0n) is 35.1. The summed E-state index contributed by atoms with van der Waals surface area (Å²) in [6, 6.07) is 11.6. The molecule has 0 saturated heterocycles. The summed E-state index contributed by atoms with van der Waals surface area (Å²) >= 11 is 0. The average Bonchev–Trinajstić information content (AvgIpc) is 3.93. The summed E-state index contributed by atoms with van der Waals surface area (Å²) in [5.41, 5.74) is 7.44. The first-order valence-corrected chi connectivity index (χ1v) is 19.5. The molecule has 0 amide bonds. The number of aliphatic hydroxyl groups is 4. The Balaban J connectivity index is 0.000000228. The minimum atomic E-state index is -0.925. The van der Waals surface area contributed by atoms with Crippen LogP contribution in [0.15, 0.2) is 45.4 Å². The lowest BCUT2D eigenvalue weighted by molar-refractivity contribution is 0.0532. The highest BCUT2D eigenvalue weighted by Gasteiger charge is 2.19. The molecule has 0 aliphatic rings. The number of aromatic nitrogens is 8. The fraction of sp³-hybridized carbons (Fsp3) is 0.429. The molecule has 0 radical (unpaired) electrons. The van der Waals surface area contributed by atoms with Crippen LogP contribution >= 0.6 is 0 Å². The van der Waals surface area contributed by atoms with Gasteiger partial charge in [0.05, 0.1) is 26.4 Å². The number of benzene rings is 2. The second-order valence-corrected chi connectivity index (χ2v) is 14.1. The fourth-order valence-electron chi connectivity index (χ4n) is 5.79. The molecule has 18 heteroatoms. The smallest absolute Gasteiger partial charge is 0.317 e. The van der Waals surface area contributed by atoms with Crippen LogP contribution in [-0.2, 0) is 0 Å². The first kappa shape index (κ1) is 45.0. The van der Waals surface area contributed by atoms with Crippen LogP contribution in [0.4, 0.5) is 0 Å². The molecular weight excluding hydrogens is 777 g/mol. The molecular formula is C42H52N8O10. The fourth-order valence-corrected chi connectivity index (χ4v) is 5.79. The van der Waals surface area contributed by atoms with E-state index in [1.807, 2.05) is 79.7 Å². The first-order valence-electron chi connectivity index (χ1n) is 19.5. The minimum absolute atomic E-state index is 0.0133. The van der Waals surface area contributed by atoms with Crippen LogP contribution in [0.1, 0.15) is 60.3 Å². The van der Waals surface area contributed by atoms with Crippen molar-refractivity contribution in [2.24, 2.45) is 0 Å². The Labute approximate surface area is 347 Å². The molecule has 4 aromatic heterocycles. The molecule has 6 rings (SSSR count). The van der Waals surface area contributed by atoms with E-state index in [1.165, 1.54) is 0 Å². The van der Waals surface area contributed by atoms with Crippen molar-refractivity contribution < 1.29 is 48.4 Å². The molecule has 0 aliphatic heterocycles. The number of hydrogen-bond donors (Lipinski definition) is 4. The normalized spacial score (nSPS) is 12.1. The van der Waals surface area contributed by atoms with Crippen molar-refractivity contribution in [3.05, 3.63) is 70.0 Å². The molecule has 0 saturated carbocycles. The Morgan fingerprint density at radius 2 is 0.883 bits per heavy atom. The van der Waals surface area contributed by atoms with Crippen molar-refractivity contribution in [3.63, 3.8) is 0 Å². The van der Waals surface area contributed by atoms with Crippen molar-refractivity contribution >= 4 is 0 Å². The lowest BCUT2D eigenvalue weighted by atomic mass is 10.1. The zero-order valence-corrected chi connectivity index (χ0v) is 35.1. The van der Waals surface area contributed by atoms with Crippen molar-refractivity contribution in [3.8, 4) is 69.5 Å². The maximum Gasteiger partial charge on any atom is 0.317 e. The molecule has 18 nitrogen and oxygen atoms in total. The van der Waals surface area contributed by atoms with Gasteiger partial charge < -0.3 is 48.4 Å². The number of ether oxygens (including phenoxy) is 4. The lowest BCUT2D eigenvalue weighted by Crippen LogP contribution is -2.21. The summed E-state index contributed by atoms with van der Waals surface area (Å²) in [6.45, 7) is 15.7. The van der Waals surface area contributed by atoms with Crippen LogP contribution < -0.4 is 18.9 Å². The van der Waals surface area contributed by atoms with Gasteiger partial charge in [-0.1, -0.05) is 24.2 Å². The van der Waals surface area contributed by atoms with Crippen molar-refractivity contribution in [2.45, 2.75) is 80.4 Å². The van der Waals surface area contributed by atoms with Crippen molar-refractivity contribution in [1.29, 1.82) is 0 Å². The highest BCUT2D eigenvalue weighted by Crippen LogP contribution is 2.32. The molecule has 320 valence electrons. The molecule has 60 heavy (non-hydrogen) atoms. The monoisotopic (exact) mass is 828 g/mol. The third-order valence-electron chi connectivity index (χ3n) is 8.53. The SMILES string of the molecule is CCCOc1nc(C)cc(-c2nc(-c3cc(C)c(OCC(O)CO)c(C)c3)no2)n1.CCCOc1nc(C)cc(-c2nc(-c3cc(C)c(OCC(O)CO)c(C)c3)no2)n1. The van der Waals surface area contributed by atoms with E-state index in [4.69, 9.17) is 38.2 Å². The van der Waals surface area contributed by atoms with Gasteiger partial charge in [-0.15, -0.1) is 0 Å². The summed E-state index contributed by atoms with van der Waals surface area (Å²) in [4.78, 5) is 26.2. The minimum Gasteiger partial charge on any atom is -0.490 e. The maximum absolute atomic E-state index is 9.50. The van der Waals surface area contributed by atoms with Gasteiger partial charge in [0.15, 0.2) is 0 Å². The molecule has 2 atom stereocenters. The third kappa shape index (κ3) is 12.0. The van der Waals surface area contributed by atoms with E-state index in [0.29, 0.717) is 47.7 Å². The van der Waals surface area contributed by atoms with Gasteiger partial charge in [-0.25, -0.2) is 9.97 Å². The van der Waals surface area contributed by atoms with Gasteiger partial charge >= 0.3 is 12.0 Å². The second kappa shape index (κ2) is 21.3. The van der Waals surface area contributed by atoms with E-state index in [1.54, 1.807) is 12.1 Å². The van der Waals surface area contributed by atoms with E-state index in [-0.39, 0.29) is 50.2 Å². The summed E-state index contributed by atoms with van der Waals surface area (Å²) < 4.78 is 33.2. The molecule has 6 aromatic rings. The quantitative estimate of drug-likeness (QED) is 0.0860. The van der Waals surface area contributed by atoms with Crippen LogP contribution in [0.5, 0.6) is 23.5 Å². The van der Waals surface area contributed by atoms with Crippen LogP contribution in [0, 0.1) is 41.5 Å². The third-order valence-corrected chi connectivity index (χ3v) is 8.53. The van der Waals surface area contributed by atoms with E-state index >= 15 is 0 Å². The molecule has 4 heterocycles. The van der Waals surface area contributed by atoms with Crippen LogP contribution in [0.25, 0.3) is 45.9 Å². The molecule has 0 spiro atoms. The topological polar surface area (TPSA) is 247 Å². The predicted octanol–water partition coefficient (Wildman–Crippen LogP) is 5.28. The summed E-state index contributed by atoms with van der Waals surface area (Å²) in [5, 5.41) is 45.1. The number of aryl methyl sites for hydroxylation is 6. The Morgan fingerprint density at radius 3 is 1.22 bits per heavy atom. The average molecular weight is 829 g/mol. The highest BCUT2D eigenvalue weighted by atomic mass is 16.5. The van der Waals surface area contributed by atoms with Crippen LogP contribution in [0.2, 0.25) is 0 Å². The summed E-state index contributed by atoms with van der Waals surface area (Å²) in [6.07, 6.45) is -0.139. The van der Waals surface area contributed by atoms with E-state index < -0.39 is 12.2 Å². The molecule has 4 N–H and O–H groups in total. The summed E-state index contributed by atoms with van der Waals surface area (Å²) in [5.74, 6) is 2.70. The lowest BCUT2D eigenvalue weighted by Gasteiger charge is -2.15. The molecule has 0 aliphatic carbocycles. The van der Waals surface area contributed by atoms with Gasteiger partial charge in [0.2, 0.25) is 11.6 Å². The second-order valence-electron chi connectivity index (χ2n) is 14.1. The van der Waals surface area contributed by atoms with Crippen LogP contribution in [-0.4, -0.2) is 112 Å². The highest BCUT2D eigenvalue weighted by molar-refractivity contribution is 5.64. The van der Waals surface area contributed by atoms with Crippen molar-refractivity contribution in [2.75, 3.05) is 39.6 Å². The van der Waals surface area contributed by atoms with Crippen LogP contribution in [0.3, 0.4) is 0 Å². The Bertz CT molecular complexity index is 2120. The maximum atomic E-state index is 9.50. The number of rotatable bonds is 18. The van der Waals surface area contributed by atoms with E-state index in [9.17, 15) is 10.2 Å². The Hall–Kier alpha value is -6.08. The predicted molar refractivity (Wildman–Crippen MR) is 219 cm³/mol. The standard InChI is InChI=1S/2C21H26N4O5/c2*1-5-6-28-21-22-14(4)9-17(23-21)20-24-19(25-30-20)15-7-12(2)18(13(3)8-15)29-11-16(27)10-26/h2*7-9,16,26-27H,5-6,10-11H2,1-4H3. The molecule has 0 fully saturated rings. The molecule has 2 unspecified atom stereocenters. The first-order chi connectivity index (χ1) is 28.8.